The molecule has 2 rings (SSSR count). The molecule has 0 saturated carbocycles. The topological polar surface area (TPSA) is 62.5 Å². The van der Waals surface area contributed by atoms with Crippen molar-refractivity contribution in [3.05, 3.63) is 59.5 Å². The number of nitrogens with one attached hydrogen (secondary N) is 1. The van der Waals surface area contributed by atoms with Crippen molar-refractivity contribution in [2.75, 3.05) is 6.54 Å². The summed E-state index contributed by atoms with van der Waals surface area (Å²) in [6.07, 6.45) is 5.00. The molecule has 0 radical (unpaired) electrons. The summed E-state index contributed by atoms with van der Waals surface area (Å²) < 4.78 is 4.92. The summed E-state index contributed by atoms with van der Waals surface area (Å²) in [7, 11) is 0. The highest BCUT2D eigenvalue weighted by atomic mass is 16.3. The highest BCUT2D eigenvalue weighted by molar-refractivity contribution is 5.94. The lowest BCUT2D eigenvalue weighted by Crippen LogP contribution is -2.25. The van der Waals surface area contributed by atoms with Crippen LogP contribution in [0.25, 0.3) is 0 Å². The van der Waals surface area contributed by atoms with Crippen LogP contribution in [0, 0.1) is 0 Å². The molecule has 1 aromatic heterocycles. The number of aryl methyl sites for hydroxylation is 1. The third-order valence-corrected chi connectivity index (χ3v) is 3.39. The molecule has 1 unspecified atom stereocenters. The third kappa shape index (κ3) is 4.46. The molecule has 0 aliphatic carbocycles. The maximum atomic E-state index is 12.0. The van der Waals surface area contributed by atoms with Gasteiger partial charge in [0.05, 0.1) is 18.6 Å². The predicted octanol–water partition coefficient (Wildman–Crippen LogP) is 3.09. The van der Waals surface area contributed by atoms with Gasteiger partial charge in [-0.2, -0.15) is 0 Å². The van der Waals surface area contributed by atoms with Crippen LogP contribution in [0.1, 0.15) is 47.4 Å². The summed E-state index contributed by atoms with van der Waals surface area (Å²) in [5.41, 5.74) is 2.62. The highest BCUT2D eigenvalue weighted by Gasteiger charge is 2.10. The molecule has 2 N–H and O–H groups in total. The average molecular weight is 287 g/mol. The van der Waals surface area contributed by atoms with Gasteiger partial charge in [-0.3, -0.25) is 4.79 Å². The normalized spacial score (nSPS) is 12.1. The largest absolute Gasteiger partial charge is 0.472 e. The standard InChI is InChI=1S/C17H21NO3/c1-2-3-13-4-6-14(7-5-13)17(20)18-10-8-16(19)15-9-11-21-12-15/h4-7,9,11-12,16,19H,2-3,8,10H2,1H3,(H,18,20). The van der Waals surface area contributed by atoms with Crippen molar-refractivity contribution >= 4 is 5.91 Å². The summed E-state index contributed by atoms with van der Waals surface area (Å²) in [6.45, 7) is 2.55. The molecule has 1 atom stereocenters. The van der Waals surface area contributed by atoms with Gasteiger partial charge in [0.15, 0.2) is 0 Å². The number of furan rings is 1. The van der Waals surface area contributed by atoms with Crippen molar-refractivity contribution in [3.8, 4) is 0 Å². The van der Waals surface area contributed by atoms with Gasteiger partial charge in [0, 0.05) is 17.7 Å². The van der Waals surface area contributed by atoms with E-state index in [9.17, 15) is 9.90 Å². The molecule has 0 saturated heterocycles. The molecular weight excluding hydrogens is 266 g/mol. The van der Waals surface area contributed by atoms with E-state index in [1.807, 2.05) is 24.3 Å². The van der Waals surface area contributed by atoms with Gasteiger partial charge in [0.25, 0.3) is 5.91 Å². The fourth-order valence-electron chi connectivity index (χ4n) is 2.17. The van der Waals surface area contributed by atoms with Gasteiger partial charge in [0.1, 0.15) is 0 Å². The molecule has 0 bridgehead atoms. The molecule has 0 aliphatic heterocycles. The molecule has 2 aromatic rings. The lowest BCUT2D eigenvalue weighted by molar-refractivity contribution is 0.0942. The lowest BCUT2D eigenvalue weighted by Gasteiger charge is -2.09. The minimum absolute atomic E-state index is 0.113. The Hall–Kier alpha value is -2.07. The Morgan fingerprint density at radius 1 is 1.29 bits per heavy atom. The van der Waals surface area contributed by atoms with Crippen LogP contribution in [0.2, 0.25) is 0 Å². The molecule has 1 amide bonds. The molecule has 4 heteroatoms. The van der Waals surface area contributed by atoms with E-state index in [1.54, 1.807) is 6.07 Å². The Morgan fingerprint density at radius 3 is 2.67 bits per heavy atom. The van der Waals surface area contributed by atoms with Crippen LogP contribution in [-0.4, -0.2) is 17.6 Å². The monoisotopic (exact) mass is 287 g/mol. The van der Waals surface area contributed by atoms with Crippen molar-refractivity contribution in [2.24, 2.45) is 0 Å². The maximum Gasteiger partial charge on any atom is 0.251 e. The van der Waals surface area contributed by atoms with Crippen molar-refractivity contribution < 1.29 is 14.3 Å². The molecule has 0 spiro atoms. The predicted molar refractivity (Wildman–Crippen MR) is 81.1 cm³/mol. The zero-order valence-electron chi connectivity index (χ0n) is 12.2. The first-order valence-corrected chi connectivity index (χ1v) is 7.28. The van der Waals surface area contributed by atoms with Crippen LogP contribution < -0.4 is 5.32 Å². The van der Waals surface area contributed by atoms with E-state index in [2.05, 4.69) is 12.2 Å². The third-order valence-electron chi connectivity index (χ3n) is 3.39. The van der Waals surface area contributed by atoms with Crippen molar-refractivity contribution in [2.45, 2.75) is 32.3 Å². The van der Waals surface area contributed by atoms with E-state index < -0.39 is 6.10 Å². The van der Waals surface area contributed by atoms with Crippen LogP contribution in [0.4, 0.5) is 0 Å². The van der Waals surface area contributed by atoms with E-state index in [0.717, 1.165) is 18.4 Å². The number of benzene rings is 1. The van der Waals surface area contributed by atoms with Crippen LogP contribution in [0.15, 0.2) is 47.3 Å². The molecule has 0 aliphatic rings. The fourth-order valence-corrected chi connectivity index (χ4v) is 2.17. The SMILES string of the molecule is CCCc1ccc(C(=O)NCCC(O)c2ccoc2)cc1. The second-order valence-corrected chi connectivity index (χ2v) is 5.06. The molecule has 4 nitrogen and oxygen atoms in total. The molecule has 1 aromatic carbocycles. The Bertz CT molecular complexity index is 546. The summed E-state index contributed by atoms with van der Waals surface area (Å²) >= 11 is 0. The van der Waals surface area contributed by atoms with E-state index in [0.29, 0.717) is 18.5 Å². The van der Waals surface area contributed by atoms with Crippen molar-refractivity contribution in [3.63, 3.8) is 0 Å². The number of amides is 1. The zero-order valence-corrected chi connectivity index (χ0v) is 12.2. The number of aliphatic hydroxyl groups is 1. The van der Waals surface area contributed by atoms with Crippen LogP contribution in [0.5, 0.6) is 0 Å². The second kappa shape index (κ2) is 7.64. The smallest absolute Gasteiger partial charge is 0.251 e. The summed E-state index contributed by atoms with van der Waals surface area (Å²) in [5.74, 6) is -0.113. The first-order valence-electron chi connectivity index (χ1n) is 7.28. The van der Waals surface area contributed by atoms with Crippen LogP contribution >= 0.6 is 0 Å². The molecular formula is C17H21NO3. The van der Waals surface area contributed by atoms with Gasteiger partial charge in [-0.25, -0.2) is 0 Å². The van der Waals surface area contributed by atoms with Crippen molar-refractivity contribution in [1.82, 2.24) is 5.32 Å². The first-order chi connectivity index (χ1) is 10.2. The Balaban J connectivity index is 1.79. The lowest BCUT2D eigenvalue weighted by atomic mass is 10.1. The number of carbonyl (C=O) groups excluding carboxylic acids is 1. The minimum Gasteiger partial charge on any atom is -0.472 e. The fraction of sp³-hybridized carbons (Fsp3) is 0.353. The summed E-state index contributed by atoms with van der Waals surface area (Å²) in [6, 6.07) is 9.37. The summed E-state index contributed by atoms with van der Waals surface area (Å²) in [5, 5.41) is 12.7. The van der Waals surface area contributed by atoms with E-state index in [-0.39, 0.29) is 5.91 Å². The van der Waals surface area contributed by atoms with Crippen LogP contribution in [0.3, 0.4) is 0 Å². The number of rotatable bonds is 7. The quantitative estimate of drug-likeness (QED) is 0.822. The molecule has 21 heavy (non-hydrogen) atoms. The van der Waals surface area contributed by atoms with Gasteiger partial charge < -0.3 is 14.8 Å². The number of hydrogen-bond acceptors (Lipinski definition) is 3. The molecule has 112 valence electrons. The molecule has 0 fully saturated rings. The van der Waals surface area contributed by atoms with E-state index >= 15 is 0 Å². The van der Waals surface area contributed by atoms with E-state index in [1.165, 1.54) is 18.1 Å². The minimum atomic E-state index is -0.615. The van der Waals surface area contributed by atoms with Crippen LogP contribution in [-0.2, 0) is 6.42 Å². The highest BCUT2D eigenvalue weighted by Crippen LogP contribution is 2.16. The van der Waals surface area contributed by atoms with Gasteiger partial charge in [-0.05, 0) is 36.6 Å². The molecule has 1 heterocycles. The van der Waals surface area contributed by atoms with Gasteiger partial charge in [0.2, 0.25) is 0 Å². The van der Waals surface area contributed by atoms with E-state index in [4.69, 9.17) is 4.42 Å². The Kier molecular flexibility index (Phi) is 5.58. The zero-order chi connectivity index (χ0) is 15.1. The second-order valence-electron chi connectivity index (χ2n) is 5.06. The number of carbonyl (C=O) groups is 1. The Morgan fingerprint density at radius 2 is 2.05 bits per heavy atom. The number of hydrogen-bond donors (Lipinski definition) is 2. The van der Waals surface area contributed by atoms with Gasteiger partial charge in [-0.1, -0.05) is 25.5 Å². The number of aliphatic hydroxyl groups excluding tert-OH is 1. The van der Waals surface area contributed by atoms with Gasteiger partial charge >= 0.3 is 0 Å². The average Bonchev–Trinajstić information content (AvgIpc) is 3.02. The van der Waals surface area contributed by atoms with Gasteiger partial charge in [-0.15, -0.1) is 0 Å². The first kappa shape index (κ1) is 15.3. The Labute approximate surface area is 124 Å². The van der Waals surface area contributed by atoms with Crippen molar-refractivity contribution in [1.29, 1.82) is 0 Å². The summed E-state index contributed by atoms with van der Waals surface area (Å²) in [4.78, 5) is 12.0. The maximum absolute atomic E-state index is 12.0.